The number of H-pyrrole nitrogens is 1. The Labute approximate surface area is 89.1 Å². The maximum Gasteiger partial charge on any atom is 0.272 e. The first kappa shape index (κ1) is 11.7. The predicted octanol–water partition coefficient (Wildman–Crippen LogP) is 0.643. The summed E-state index contributed by atoms with van der Waals surface area (Å²) in [7, 11) is 0. The maximum atomic E-state index is 11.9. The predicted molar refractivity (Wildman–Crippen MR) is 56.5 cm³/mol. The molecule has 5 nitrogen and oxygen atoms in total. The van der Waals surface area contributed by atoms with Gasteiger partial charge in [0.15, 0.2) is 0 Å². The summed E-state index contributed by atoms with van der Waals surface area (Å²) in [6, 6.07) is 1.77. The van der Waals surface area contributed by atoms with Crippen LogP contribution in [-0.4, -0.2) is 45.3 Å². The minimum Gasteiger partial charge on any atom is -0.396 e. The summed E-state index contributed by atoms with van der Waals surface area (Å²) < 4.78 is 0. The molecule has 0 bridgehead atoms. The van der Waals surface area contributed by atoms with Crippen molar-refractivity contribution in [2.45, 2.75) is 26.3 Å². The molecule has 0 atom stereocenters. The third kappa shape index (κ3) is 3.06. The van der Waals surface area contributed by atoms with Crippen LogP contribution in [0.4, 0.5) is 0 Å². The van der Waals surface area contributed by atoms with Crippen molar-refractivity contribution in [3.05, 3.63) is 18.0 Å². The summed E-state index contributed by atoms with van der Waals surface area (Å²) in [6.45, 7) is 4.56. The fourth-order valence-electron chi connectivity index (χ4n) is 1.37. The molecule has 0 aromatic carbocycles. The third-order valence-corrected chi connectivity index (χ3v) is 2.17. The SMILES string of the molecule is CC(C)N(CCCO)C(=O)c1ccn[nH]1. The minimum atomic E-state index is -0.0732. The van der Waals surface area contributed by atoms with Crippen molar-refractivity contribution >= 4 is 5.91 Å². The summed E-state index contributed by atoms with van der Waals surface area (Å²) in [4.78, 5) is 13.6. The zero-order valence-electron chi connectivity index (χ0n) is 9.10. The lowest BCUT2D eigenvalue weighted by Crippen LogP contribution is -2.38. The minimum absolute atomic E-state index is 0.0732. The maximum absolute atomic E-state index is 11.9. The van der Waals surface area contributed by atoms with Gasteiger partial charge in [-0.25, -0.2) is 0 Å². The molecular weight excluding hydrogens is 194 g/mol. The lowest BCUT2D eigenvalue weighted by atomic mass is 10.2. The Morgan fingerprint density at radius 1 is 1.67 bits per heavy atom. The molecule has 0 aliphatic heterocycles. The summed E-state index contributed by atoms with van der Waals surface area (Å²) >= 11 is 0. The van der Waals surface area contributed by atoms with Gasteiger partial charge < -0.3 is 10.0 Å². The van der Waals surface area contributed by atoms with Gasteiger partial charge in [-0.15, -0.1) is 0 Å². The molecule has 2 N–H and O–H groups in total. The van der Waals surface area contributed by atoms with Crippen LogP contribution < -0.4 is 0 Å². The number of carbonyl (C=O) groups excluding carboxylic acids is 1. The van der Waals surface area contributed by atoms with Gasteiger partial charge >= 0.3 is 0 Å². The Balaban J connectivity index is 2.67. The van der Waals surface area contributed by atoms with E-state index in [9.17, 15) is 4.79 Å². The van der Waals surface area contributed by atoms with E-state index in [2.05, 4.69) is 10.2 Å². The highest BCUT2D eigenvalue weighted by molar-refractivity contribution is 5.92. The third-order valence-electron chi connectivity index (χ3n) is 2.17. The van der Waals surface area contributed by atoms with Crippen LogP contribution >= 0.6 is 0 Å². The van der Waals surface area contributed by atoms with E-state index >= 15 is 0 Å². The Hall–Kier alpha value is -1.36. The van der Waals surface area contributed by atoms with Crippen molar-refractivity contribution < 1.29 is 9.90 Å². The highest BCUT2D eigenvalue weighted by Gasteiger charge is 2.18. The average molecular weight is 211 g/mol. The molecule has 1 rings (SSSR count). The molecule has 0 unspecified atom stereocenters. The van der Waals surface area contributed by atoms with E-state index in [1.54, 1.807) is 17.2 Å². The molecule has 0 spiro atoms. The van der Waals surface area contributed by atoms with E-state index in [4.69, 9.17) is 5.11 Å². The summed E-state index contributed by atoms with van der Waals surface area (Å²) in [5.74, 6) is -0.0732. The Kier molecular flexibility index (Phi) is 4.30. The van der Waals surface area contributed by atoms with Gasteiger partial charge in [0.1, 0.15) is 5.69 Å². The number of aliphatic hydroxyl groups is 1. The van der Waals surface area contributed by atoms with E-state index in [0.717, 1.165) is 0 Å². The molecule has 15 heavy (non-hydrogen) atoms. The highest BCUT2D eigenvalue weighted by atomic mass is 16.3. The van der Waals surface area contributed by atoms with Crippen LogP contribution in [0.25, 0.3) is 0 Å². The number of nitrogens with zero attached hydrogens (tertiary/aromatic N) is 2. The van der Waals surface area contributed by atoms with Crippen molar-refractivity contribution in [1.82, 2.24) is 15.1 Å². The first-order valence-corrected chi connectivity index (χ1v) is 5.08. The van der Waals surface area contributed by atoms with Gasteiger partial charge in [-0.2, -0.15) is 5.10 Å². The topological polar surface area (TPSA) is 69.2 Å². The zero-order chi connectivity index (χ0) is 11.3. The molecule has 0 aliphatic rings. The molecule has 1 heterocycles. The summed E-state index contributed by atoms with van der Waals surface area (Å²) in [6.07, 6.45) is 2.15. The highest BCUT2D eigenvalue weighted by Crippen LogP contribution is 2.06. The largest absolute Gasteiger partial charge is 0.396 e. The first-order valence-electron chi connectivity index (χ1n) is 5.08. The number of aromatic nitrogens is 2. The van der Waals surface area contributed by atoms with Gasteiger partial charge in [0.05, 0.1) is 0 Å². The molecule has 84 valence electrons. The van der Waals surface area contributed by atoms with Gasteiger partial charge in [-0.05, 0) is 26.3 Å². The zero-order valence-corrected chi connectivity index (χ0v) is 9.10. The van der Waals surface area contributed by atoms with Gasteiger partial charge in [-0.1, -0.05) is 0 Å². The molecule has 0 aliphatic carbocycles. The number of nitrogens with one attached hydrogen (secondary N) is 1. The molecule has 1 aromatic rings. The van der Waals surface area contributed by atoms with Crippen LogP contribution in [0.1, 0.15) is 30.8 Å². The lowest BCUT2D eigenvalue weighted by molar-refractivity contribution is 0.0687. The van der Waals surface area contributed by atoms with Gasteiger partial charge in [0.25, 0.3) is 5.91 Å². The number of carbonyl (C=O) groups is 1. The van der Waals surface area contributed by atoms with Crippen molar-refractivity contribution in [2.24, 2.45) is 0 Å². The first-order chi connectivity index (χ1) is 7.16. The van der Waals surface area contributed by atoms with Crippen molar-refractivity contribution in [3.63, 3.8) is 0 Å². The molecule has 0 radical (unpaired) electrons. The lowest BCUT2D eigenvalue weighted by Gasteiger charge is -2.25. The van der Waals surface area contributed by atoms with E-state index < -0.39 is 0 Å². The number of rotatable bonds is 5. The van der Waals surface area contributed by atoms with E-state index in [1.807, 2.05) is 13.8 Å². The Morgan fingerprint density at radius 2 is 2.40 bits per heavy atom. The van der Waals surface area contributed by atoms with Gasteiger partial charge in [0.2, 0.25) is 0 Å². The van der Waals surface area contributed by atoms with Crippen LogP contribution in [0.3, 0.4) is 0 Å². The smallest absolute Gasteiger partial charge is 0.272 e. The number of hydrogen-bond acceptors (Lipinski definition) is 3. The van der Waals surface area contributed by atoms with Gasteiger partial charge in [-0.3, -0.25) is 9.89 Å². The number of aromatic amines is 1. The fourth-order valence-corrected chi connectivity index (χ4v) is 1.37. The van der Waals surface area contributed by atoms with Crippen LogP contribution in [0, 0.1) is 0 Å². The second kappa shape index (κ2) is 5.50. The number of aliphatic hydroxyl groups excluding tert-OH is 1. The number of hydrogen-bond donors (Lipinski definition) is 2. The Bertz CT molecular complexity index is 296. The van der Waals surface area contributed by atoms with E-state index in [1.165, 1.54) is 0 Å². The van der Waals surface area contributed by atoms with Crippen LogP contribution in [0.2, 0.25) is 0 Å². The quantitative estimate of drug-likeness (QED) is 0.751. The standard InChI is InChI=1S/C10H17N3O2/c1-8(2)13(6-3-7-14)10(15)9-4-5-11-12-9/h4-5,8,14H,3,6-7H2,1-2H3,(H,11,12). The van der Waals surface area contributed by atoms with Crippen LogP contribution in [-0.2, 0) is 0 Å². The second-order valence-corrected chi connectivity index (χ2v) is 3.64. The molecular formula is C10H17N3O2. The monoisotopic (exact) mass is 211 g/mol. The summed E-state index contributed by atoms with van der Waals surface area (Å²) in [5.41, 5.74) is 0.488. The number of amides is 1. The summed E-state index contributed by atoms with van der Waals surface area (Å²) in [5, 5.41) is 15.1. The molecule has 5 heteroatoms. The van der Waals surface area contributed by atoms with Crippen molar-refractivity contribution in [3.8, 4) is 0 Å². The molecule has 1 amide bonds. The van der Waals surface area contributed by atoms with Crippen molar-refractivity contribution in [2.75, 3.05) is 13.2 Å². The average Bonchev–Trinajstić information content (AvgIpc) is 2.70. The van der Waals surface area contributed by atoms with Crippen LogP contribution in [0.15, 0.2) is 12.3 Å². The van der Waals surface area contributed by atoms with Gasteiger partial charge in [0, 0.05) is 25.4 Å². The molecule has 1 aromatic heterocycles. The Morgan fingerprint density at radius 3 is 2.87 bits per heavy atom. The van der Waals surface area contributed by atoms with E-state index in [-0.39, 0.29) is 18.6 Å². The van der Waals surface area contributed by atoms with E-state index in [0.29, 0.717) is 18.7 Å². The molecule has 0 fully saturated rings. The molecule has 0 saturated carbocycles. The van der Waals surface area contributed by atoms with Crippen molar-refractivity contribution in [1.29, 1.82) is 0 Å². The van der Waals surface area contributed by atoms with Crippen LogP contribution in [0.5, 0.6) is 0 Å². The second-order valence-electron chi connectivity index (χ2n) is 3.64. The molecule has 0 saturated heterocycles. The fraction of sp³-hybridized carbons (Fsp3) is 0.600. The normalized spacial score (nSPS) is 10.7.